The molecule has 0 rings (SSSR count). The molecule has 0 aliphatic rings. The summed E-state index contributed by atoms with van der Waals surface area (Å²) in [5.74, 6) is 1.32. The smallest absolute Gasteiger partial charge is 0.303 e. The predicted octanol–water partition coefficient (Wildman–Crippen LogP) is 9.51. The van der Waals surface area contributed by atoms with Gasteiger partial charge in [-0.25, -0.2) is 22.8 Å². The first-order chi connectivity index (χ1) is 25.0. The van der Waals surface area contributed by atoms with E-state index in [4.69, 9.17) is 41.8 Å². The molecule has 0 aliphatic carbocycles. The van der Waals surface area contributed by atoms with E-state index in [1.807, 2.05) is 69.2 Å². The number of phosphoric ester groups is 5. The van der Waals surface area contributed by atoms with Gasteiger partial charge in [-0.3, -0.25) is 54.3 Å². The topological polar surface area (TPSA) is 257 Å². The number of rotatable bonds is 25. The average molecular weight is 911 g/mol. The Kier molecular flexibility index (Phi) is 42.8. The fourth-order valence-electron chi connectivity index (χ4n) is 2.17. The summed E-state index contributed by atoms with van der Waals surface area (Å²) in [5.41, 5.74) is 0. The molecule has 25 heteroatoms. The molecule has 0 bridgehead atoms. The van der Waals surface area contributed by atoms with E-state index in [0.29, 0.717) is 57.4 Å². The maximum absolute atomic E-state index is 11.7. The molecule has 0 heterocycles. The van der Waals surface area contributed by atoms with Crippen molar-refractivity contribution in [2.24, 2.45) is 29.6 Å². The number of hydrogen-bond acceptors (Lipinski definition) is 17. The van der Waals surface area contributed by atoms with Crippen LogP contribution in [0.3, 0.4) is 0 Å². The van der Waals surface area contributed by atoms with E-state index in [0.717, 1.165) is 7.11 Å². The molecule has 0 saturated heterocycles. The van der Waals surface area contributed by atoms with Gasteiger partial charge in [0.25, 0.3) is 0 Å². The van der Waals surface area contributed by atoms with Crippen LogP contribution in [0.15, 0.2) is 0 Å². The highest BCUT2D eigenvalue weighted by Gasteiger charge is 2.26. The monoisotopic (exact) mass is 910 g/mol. The van der Waals surface area contributed by atoms with Crippen molar-refractivity contribution in [3.05, 3.63) is 0 Å². The highest BCUT2D eigenvalue weighted by Crippen LogP contribution is 2.50. The van der Waals surface area contributed by atoms with Crippen LogP contribution >= 0.6 is 39.1 Å². The molecule has 0 spiro atoms. The van der Waals surface area contributed by atoms with Crippen molar-refractivity contribution in [2.75, 3.05) is 81.3 Å². The lowest BCUT2D eigenvalue weighted by atomic mass is 10.2. The molecule has 0 aromatic rings. The van der Waals surface area contributed by atoms with Gasteiger partial charge in [0.15, 0.2) is 0 Å². The van der Waals surface area contributed by atoms with Crippen molar-refractivity contribution in [2.45, 2.75) is 90.0 Å². The summed E-state index contributed by atoms with van der Waals surface area (Å²) >= 11 is 0. The van der Waals surface area contributed by atoms with Gasteiger partial charge in [-0.2, -0.15) is 0 Å². The second-order valence-corrected chi connectivity index (χ2v) is 20.9. The maximum atomic E-state index is 11.7. The standard InChI is InChI=1S/C8H19O4P.C7H17O4P.C6H15O4P.C5H13O4P.C4H11O4P/c1-5-10-13(9,11-6-2)12-7-8(3)4;1-5-10-12(8,9-4)11-6-7(2)3;1-6(2)5-10-11(7,8-3)9-4;1-5(2)4-9-10(6,7)8-3;1-4(2)3-8-9(5,6)7/h8H,5-7H2,1-4H3;7H,5-6H2,1-4H3;6H,5H2,1-4H3;5H,4H2,1-3H3,(H,6,7);4H,3H2,1-2H3,(H2,5,6,7). The zero-order valence-corrected chi connectivity index (χ0v) is 40.5. The number of hydrogen-bond donors (Lipinski definition) is 3. The minimum atomic E-state index is -4.22. The van der Waals surface area contributed by atoms with Crippen molar-refractivity contribution < 1.29 is 91.8 Å². The Bertz CT molecular complexity index is 1100. The van der Waals surface area contributed by atoms with Crippen LogP contribution < -0.4 is 0 Å². The number of phosphoric acid groups is 5. The summed E-state index contributed by atoms with van der Waals surface area (Å²) in [4.78, 5) is 25.0. The van der Waals surface area contributed by atoms with E-state index in [1.165, 1.54) is 21.3 Å². The molecule has 20 nitrogen and oxygen atoms in total. The van der Waals surface area contributed by atoms with Crippen LogP contribution in [0.1, 0.15) is 90.0 Å². The van der Waals surface area contributed by atoms with Gasteiger partial charge in [-0.1, -0.05) is 69.2 Å². The summed E-state index contributed by atoms with van der Waals surface area (Å²) in [6.07, 6.45) is 0. The van der Waals surface area contributed by atoms with Gasteiger partial charge in [0, 0.05) is 28.4 Å². The Hall–Kier alpha value is 0.550. The van der Waals surface area contributed by atoms with E-state index in [2.05, 4.69) is 27.1 Å². The zero-order chi connectivity index (χ0) is 44.5. The summed E-state index contributed by atoms with van der Waals surface area (Å²) in [7, 11) is -12.7. The van der Waals surface area contributed by atoms with Crippen molar-refractivity contribution in [3.63, 3.8) is 0 Å². The molecule has 0 radical (unpaired) electrons. The summed E-state index contributed by atoms with van der Waals surface area (Å²) in [5, 5.41) is 0. The Morgan fingerprint density at radius 3 is 0.855 bits per heavy atom. The van der Waals surface area contributed by atoms with E-state index in [9.17, 15) is 22.8 Å². The molecule has 2 atom stereocenters. The third-order valence-corrected chi connectivity index (χ3v) is 10.5. The van der Waals surface area contributed by atoms with Gasteiger partial charge in [0.2, 0.25) is 0 Å². The van der Waals surface area contributed by atoms with Crippen molar-refractivity contribution in [3.8, 4) is 0 Å². The largest absolute Gasteiger partial charge is 0.474 e. The van der Waals surface area contributed by atoms with Crippen molar-refractivity contribution >= 4 is 39.1 Å². The normalized spacial score (nSPS) is 14.2. The highest BCUT2D eigenvalue weighted by molar-refractivity contribution is 7.49. The average Bonchev–Trinajstić information content (AvgIpc) is 3.08. The summed E-state index contributed by atoms with van der Waals surface area (Å²) in [6.45, 7) is 26.9. The zero-order valence-electron chi connectivity index (χ0n) is 36.1. The second kappa shape index (κ2) is 36.4. The lowest BCUT2D eigenvalue weighted by Crippen LogP contribution is -2.05. The molecule has 0 aromatic heterocycles. The van der Waals surface area contributed by atoms with Crippen LogP contribution in [0.25, 0.3) is 0 Å². The van der Waals surface area contributed by atoms with Gasteiger partial charge in [-0.05, 0) is 50.4 Å². The summed E-state index contributed by atoms with van der Waals surface area (Å²) < 4.78 is 111. The molecule has 340 valence electrons. The molecule has 0 amide bonds. The molecule has 0 aliphatic heterocycles. The molecule has 0 saturated carbocycles. The minimum absolute atomic E-state index is 0.101. The van der Waals surface area contributed by atoms with E-state index in [-0.39, 0.29) is 25.0 Å². The fourth-order valence-corrected chi connectivity index (χ4v) is 6.52. The summed E-state index contributed by atoms with van der Waals surface area (Å²) in [6, 6.07) is 0. The molecular formula is C30H75O20P5. The van der Waals surface area contributed by atoms with Crippen LogP contribution in [-0.4, -0.2) is 96.0 Å². The molecular weight excluding hydrogens is 835 g/mol. The Morgan fingerprint density at radius 2 is 0.618 bits per heavy atom. The maximum Gasteiger partial charge on any atom is 0.474 e. The van der Waals surface area contributed by atoms with Crippen LogP contribution in [0.5, 0.6) is 0 Å². The van der Waals surface area contributed by atoms with E-state index < -0.39 is 39.1 Å². The fraction of sp³-hybridized carbons (Fsp3) is 1.00. The van der Waals surface area contributed by atoms with Crippen molar-refractivity contribution in [1.29, 1.82) is 0 Å². The van der Waals surface area contributed by atoms with Crippen LogP contribution in [0, 0.1) is 29.6 Å². The molecule has 0 fully saturated rings. The SMILES string of the molecule is CC(C)COP(=O)(O)O.CCOP(=O)(OC)OCC(C)C.CCOP(=O)(OCC)OCC(C)C.COP(=O)(O)OCC(C)C.COP(=O)(OC)OCC(C)C. The Morgan fingerprint density at radius 1 is 0.364 bits per heavy atom. The lowest BCUT2D eigenvalue weighted by Gasteiger charge is -2.17. The minimum Gasteiger partial charge on any atom is -0.303 e. The quantitative estimate of drug-likeness (QED) is 0.0720. The van der Waals surface area contributed by atoms with Gasteiger partial charge >= 0.3 is 39.1 Å². The first-order valence-corrected chi connectivity index (χ1v) is 25.0. The van der Waals surface area contributed by atoms with E-state index in [1.54, 1.807) is 20.8 Å². The van der Waals surface area contributed by atoms with Crippen molar-refractivity contribution in [1.82, 2.24) is 0 Å². The third-order valence-electron chi connectivity index (χ3n) is 4.61. The molecule has 0 aromatic carbocycles. The van der Waals surface area contributed by atoms with Crippen LogP contribution in [-0.2, 0) is 77.1 Å². The van der Waals surface area contributed by atoms with Gasteiger partial charge in [0.05, 0.1) is 52.9 Å². The van der Waals surface area contributed by atoms with Crippen LogP contribution in [0.4, 0.5) is 0 Å². The molecule has 2 unspecified atom stereocenters. The lowest BCUT2D eigenvalue weighted by molar-refractivity contribution is 0.111. The predicted molar refractivity (Wildman–Crippen MR) is 212 cm³/mol. The van der Waals surface area contributed by atoms with E-state index >= 15 is 0 Å². The molecule has 3 N–H and O–H groups in total. The first-order valence-electron chi connectivity index (χ1n) is 17.6. The van der Waals surface area contributed by atoms with Gasteiger partial charge in [0.1, 0.15) is 0 Å². The first kappa shape index (κ1) is 64.7. The Balaban J connectivity index is -0.000000190. The second-order valence-electron chi connectivity index (χ2n) is 12.7. The van der Waals surface area contributed by atoms with Crippen LogP contribution in [0.2, 0.25) is 0 Å². The van der Waals surface area contributed by atoms with Gasteiger partial charge in [-0.15, -0.1) is 0 Å². The highest BCUT2D eigenvalue weighted by atomic mass is 31.2. The third kappa shape index (κ3) is 50.6. The Labute approximate surface area is 331 Å². The van der Waals surface area contributed by atoms with Gasteiger partial charge < -0.3 is 14.7 Å². The molecule has 55 heavy (non-hydrogen) atoms.